The van der Waals surface area contributed by atoms with Gasteiger partial charge in [0.15, 0.2) is 0 Å². The molecule has 0 amide bonds. The smallest absolute Gasteiger partial charge is 0.423 e. The monoisotopic (exact) mass is 360 g/mol. The zero-order valence-corrected chi connectivity index (χ0v) is 13.8. The van der Waals surface area contributed by atoms with Crippen LogP contribution in [0.1, 0.15) is 25.0 Å². The number of halogens is 4. The van der Waals surface area contributed by atoms with E-state index in [1.54, 1.807) is 13.8 Å². The van der Waals surface area contributed by atoms with Crippen molar-refractivity contribution in [3.8, 4) is 5.88 Å². The van der Waals surface area contributed by atoms with Crippen molar-refractivity contribution in [1.82, 2.24) is 9.97 Å². The van der Waals surface area contributed by atoms with E-state index in [9.17, 15) is 13.2 Å². The lowest BCUT2D eigenvalue weighted by atomic mass is 10.2. The van der Waals surface area contributed by atoms with Crippen LogP contribution in [0.3, 0.4) is 0 Å². The molecule has 0 radical (unpaired) electrons. The van der Waals surface area contributed by atoms with E-state index >= 15 is 0 Å². The highest BCUT2D eigenvalue weighted by molar-refractivity contribution is 6.28. The van der Waals surface area contributed by atoms with Gasteiger partial charge in [0.25, 0.3) is 0 Å². The molecule has 130 valence electrons. The quantitative estimate of drug-likeness (QED) is 0.710. The van der Waals surface area contributed by atoms with Crippen LogP contribution in [0.5, 0.6) is 5.88 Å². The molecule has 2 rings (SSSR count). The number of hydrogen-bond acceptors (Lipinski definition) is 4. The number of aromatic nitrogens is 2. The van der Waals surface area contributed by atoms with Crippen LogP contribution in [-0.4, -0.2) is 22.2 Å². The third kappa shape index (κ3) is 5.07. The Morgan fingerprint density at radius 1 is 1.12 bits per heavy atom. The fourth-order valence-corrected chi connectivity index (χ4v) is 1.97. The maximum Gasteiger partial charge on any atom is 0.423 e. The van der Waals surface area contributed by atoms with Crippen molar-refractivity contribution in [1.29, 1.82) is 0 Å². The van der Waals surface area contributed by atoms with E-state index < -0.39 is 29.8 Å². The number of hydrogen-bond donors (Lipinski definition) is 0. The molecular formula is C16H16ClF3N2O2. The van der Waals surface area contributed by atoms with Crippen LogP contribution in [0.2, 0.25) is 5.28 Å². The number of ether oxygens (including phenoxy) is 2. The third-order valence-electron chi connectivity index (χ3n) is 3.34. The molecule has 1 aromatic carbocycles. The van der Waals surface area contributed by atoms with Crippen LogP contribution in [0.25, 0.3) is 0 Å². The Balaban J connectivity index is 2.03. The average molecular weight is 361 g/mol. The van der Waals surface area contributed by atoms with E-state index in [1.165, 1.54) is 0 Å². The minimum absolute atomic E-state index is 0.317. The summed E-state index contributed by atoms with van der Waals surface area (Å²) in [6.07, 6.45) is -5.15. The van der Waals surface area contributed by atoms with Crippen LogP contribution in [0.4, 0.5) is 13.2 Å². The predicted molar refractivity (Wildman–Crippen MR) is 82.8 cm³/mol. The van der Waals surface area contributed by atoms with Gasteiger partial charge in [-0.3, -0.25) is 0 Å². The fourth-order valence-electron chi connectivity index (χ4n) is 1.84. The SMILES string of the molecule is C[C@H](OCc1ccccc1)[C@H](C)Oc1nc(Cl)ncc1C(F)(F)F. The van der Waals surface area contributed by atoms with Gasteiger partial charge in [0.1, 0.15) is 11.7 Å². The van der Waals surface area contributed by atoms with Crippen molar-refractivity contribution in [2.24, 2.45) is 0 Å². The number of rotatable bonds is 6. The zero-order chi connectivity index (χ0) is 17.7. The van der Waals surface area contributed by atoms with Crippen LogP contribution in [-0.2, 0) is 17.5 Å². The van der Waals surface area contributed by atoms with Gasteiger partial charge in [-0.05, 0) is 31.0 Å². The van der Waals surface area contributed by atoms with Crippen molar-refractivity contribution in [3.63, 3.8) is 0 Å². The van der Waals surface area contributed by atoms with Gasteiger partial charge >= 0.3 is 6.18 Å². The first-order valence-corrected chi connectivity index (χ1v) is 7.57. The second kappa shape index (κ2) is 7.81. The molecule has 0 bridgehead atoms. The number of benzene rings is 1. The van der Waals surface area contributed by atoms with E-state index in [0.29, 0.717) is 12.8 Å². The maximum atomic E-state index is 13.0. The first-order chi connectivity index (χ1) is 11.3. The number of nitrogens with zero attached hydrogens (tertiary/aromatic N) is 2. The predicted octanol–water partition coefficient (Wildman–Crippen LogP) is 4.52. The second-order valence-electron chi connectivity index (χ2n) is 5.18. The van der Waals surface area contributed by atoms with Gasteiger partial charge in [-0.2, -0.15) is 18.2 Å². The van der Waals surface area contributed by atoms with E-state index in [0.717, 1.165) is 5.56 Å². The molecule has 0 saturated carbocycles. The highest BCUT2D eigenvalue weighted by Gasteiger charge is 2.37. The van der Waals surface area contributed by atoms with Crippen molar-refractivity contribution >= 4 is 11.6 Å². The van der Waals surface area contributed by atoms with Gasteiger partial charge in [0.2, 0.25) is 11.2 Å². The van der Waals surface area contributed by atoms with Gasteiger partial charge in [0, 0.05) is 6.20 Å². The minimum Gasteiger partial charge on any atom is -0.471 e. The molecular weight excluding hydrogens is 345 g/mol. The molecule has 0 N–H and O–H groups in total. The molecule has 0 unspecified atom stereocenters. The summed E-state index contributed by atoms with van der Waals surface area (Å²) >= 11 is 5.57. The second-order valence-corrected chi connectivity index (χ2v) is 5.52. The lowest BCUT2D eigenvalue weighted by Gasteiger charge is -2.23. The standard InChI is InChI=1S/C16H16ClF3N2O2/c1-10(23-9-12-6-4-3-5-7-12)11(2)24-14-13(16(18,19)20)8-21-15(17)22-14/h3-8,10-11H,9H2,1-2H3/t10-,11-/m0/s1. The summed E-state index contributed by atoms with van der Waals surface area (Å²) in [5, 5.41) is -0.317. The van der Waals surface area contributed by atoms with E-state index in [-0.39, 0.29) is 5.28 Å². The van der Waals surface area contributed by atoms with Crippen LogP contribution >= 0.6 is 11.6 Å². The summed E-state index contributed by atoms with van der Waals surface area (Å²) in [6, 6.07) is 9.42. The van der Waals surface area contributed by atoms with Crippen LogP contribution in [0, 0.1) is 0 Å². The van der Waals surface area contributed by atoms with Gasteiger partial charge in [-0.25, -0.2) is 4.98 Å². The number of alkyl halides is 3. The molecule has 0 saturated heterocycles. The molecule has 1 aromatic heterocycles. The summed E-state index contributed by atoms with van der Waals surface area (Å²) in [5.74, 6) is -0.606. The Morgan fingerprint density at radius 3 is 2.42 bits per heavy atom. The first kappa shape index (κ1) is 18.5. The van der Waals surface area contributed by atoms with E-state index in [1.807, 2.05) is 30.3 Å². The summed E-state index contributed by atoms with van der Waals surface area (Å²) in [6.45, 7) is 3.64. The molecule has 0 aliphatic carbocycles. The Bertz CT molecular complexity index is 668. The first-order valence-electron chi connectivity index (χ1n) is 7.19. The highest BCUT2D eigenvalue weighted by atomic mass is 35.5. The van der Waals surface area contributed by atoms with Crippen LogP contribution < -0.4 is 4.74 Å². The fraction of sp³-hybridized carbons (Fsp3) is 0.375. The molecule has 1 heterocycles. The highest BCUT2D eigenvalue weighted by Crippen LogP contribution is 2.35. The molecule has 0 spiro atoms. The molecule has 0 fully saturated rings. The van der Waals surface area contributed by atoms with Gasteiger partial charge < -0.3 is 9.47 Å². The molecule has 8 heteroatoms. The molecule has 0 aliphatic rings. The Hall–Kier alpha value is -1.86. The van der Waals surface area contributed by atoms with E-state index in [4.69, 9.17) is 21.1 Å². The average Bonchev–Trinajstić information content (AvgIpc) is 2.52. The molecule has 2 atom stereocenters. The molecule has 2 aromatic rings. The maximum absolute atomic E-state index is 13.0. The van der Waals surface area contributed by atoms with E-state index in [2.05, 4.69) is 9.97 Å². The Morgan fingerprint density at radius 2 is 1.79 bits per heavy atom. The van der Waals surface area contributed by atoms with Crippen molar-refractivity contribution in [3.05, 3.63) is 52.9 Å². The van der Waals surface area contributed by atoms with Gasteiger partial charge in [-0.1, -0.05) is 30.3 Å². The summed E-state index contributed by atoms with van der Waals surface area (Å²) in [5.41, 5.74) is -0.119. The van der Waals surface area contributed by atoms with Crippen LogP contribution in [0.15, 0.2) is 36.5 Å². The third-order valence-corrected chi connectivity index (χ3v) is 3.53. The summed E-state index contributed by atoms with van der Waals surface area (Å²) < 4.78 is 49.9. The molecule has 4 nitrogen and oxygen atoms in total. The summed E-state index contributed by atoms with van der Waals surface area (Å²) in [7, 11) is 0. The largest absolute Gasteiger partial charge is 0.471 e. The van der Waals surface area contributed by atoms with Gasteiger partial charge in [-0.15, -0.1) is 0 Å². The topological polar surface area (TPSA) is 44.2 Å². The lowest BCUT2D eigenvalue weighted by molar-refractivity contribution is -0.140. The minimum atomic E-state index is -4.63. The van der Waals surface area contributed by atoms with Gasteiger partial charge in [0.05, 0.1) is 12.7 Å². The lowest BCUT2D eigenvalue weighted by Crippen LogP contribution is -2.30. The molecule has 0 aliphatic heterocycles. The Labute approximate surface area is 142 Å². The zero-order valence-electron chi connectivity index (χ0n) is 13.0. The Kier molecular flexibility index (Phi) is 6.01. The normalized spacial score (nSPS) is 14.2. The van der Waals surface area contributed by atoms with Crippen molar-refractivity contribution in [2.75, 3.05) is 0 Å². The van der Waals surface area contributed by atoms with Crippen molar-refractivity contribution in [2.45, 2.75) is 38.8 Å². The molecule has 24 heavy (non-hydrogen) atoms. The van der Waals surface area contributed by atoms with Crippen molar-refractivity contribution < 1.29 is 22.6 Å². The summed E-state index contributed by atoms with van der Waals surface area (Å²) in [4.78, 5) is 6.89.